The molecule has 1 unspecified atom stereocenters. The second kappa shape index (κ2) is 10.4. The van der Waals surface area contributed by atoms with Gasteiger partial charge in [-0.3, -0.25) is 4.79 Å². The van der Waals surface area contributed by atoms with Gasteiger partial charge in [0.2, 0.25) is 5.91 Å². The highest BCUT2D eigenvalue weighted by molar-refractivity contribution is 5.77. The number of urea groups is 1. The molecule has 0 aliphatic carbocycles. The number of carbonyl (C=O) groups excluding carboxylic acids is 2. The maximum atomic E-state index is 12.1. The van der Waals surface area contributed by atoms with Gasteiger partial charge in [-0.15, -0.1) is 0 Å². The highest BCUT2D eigenvalue weighted by Crippen LogP contribution is 2.19. The van der Waals surface area contributed by atoms with E-state index in [2.05, 4.69) is 24.5 Å². The molecule has 1 aliphatic heterocycles. The van der Waals surface area contributed by atoms with Crippen LogP contribution in [0.3, 0.4) is 0 Å². The van der Waals surface area contributed by atoms with E-state index in [4.69, 9.17) is 5.73 Å². The number of nitrogens with two attached hydrogens (primary N) is 1. The number of hydrogen-bond acceptors (Lipinski definition) is 3. The van der Waals surface area contributed by atoms with Crippen LogP contribution in [0.4, 0.5) is 4.79 Å². The first-order valence-electron chi connectivity index (χ1n) is 8.52. The molecule has 0 saturated carbocycles. The molecule has 0 bridgehead atoms. The van der Waals surface area contributed by atoms with Gasteiger partial charge in [-0.2, -0.15) is 0 Å². The van der Waals surface area contributed by atoms with Gasteiger partial charge in [0.15, 0.2) is 0 Å². The maximum Gasteiger partial charge on any atom is 0.317 e. The predicted octanol–water partition coefficient (Wildman–Crippen LogP) is 1.31. The van der Waals surface area contributed by atoms with Gasteiger partial charge >= 0.3 is 6.03 Å². The van der Waals surface area contributed by atoms with Gasteiger partial charge < -0.3 is 21.3 Å². The van der Waals surface area contributed by atoms with Gasteiger partial charge in [0.05, 0.1) is 0 Å². The summed E-state index contributed by atoms with van der Waals surface area (Å²) < 4.78 is 0. The number of unbranched alkanes of at least 4 members (excludes halogenated alkanes) is 1. The number of piperidine rings is 1. The number of carbonyl (C=O) groups is 2. The van der Waals surface area contributed by atoms with E-state index in [1.807, 2.05) is 4.90 Å². The van der Waals surface area contributed by atoms with E-state index in [1.54, 1.807) is 0 Å². The third kappa shape index (κ3) is 7.64. The molecule has 4 N–H and O–H groups in total. The van der Waals surface area contributed by atoms with Gasteiger partial charge in [-0.25, -0.2) is 4.79 Å². The lowest BCUT2D eigenvalue weighted by Gasteiger charge is -2.32. The molecule has 1 aliphatic rings. The molecule has 0 aromatic carbocycles. The minimum Gasteiger partial charge on any atom is -0.356 e. The van der Waals surface area contributed by atoms with Crippen LogP contribution in [0.5, 0.6) is 0 Å². The molecule has 1 fully saturated rings. The zero-order valence-corrected chi connectivity index (χ0v) is 14.1. The Morgan fingerprint density at radius 2 is 2.05 bits per heavy atom. The Morgan fingerprint density at radius 3 is 2.73 bits per heavy atom. The molecule has 6 nitrogen and oxygen atoms in total. The van der Waals surface area contributed by atoms with E-state index in [-0.39, 0.29) is 17.9 Å². The fourth-order valence-corrected chi connectivity index (χ4v) is 2.65. The summed E-state index contributed by atoms with van der Waals surface area (Å²) in [6.45, 7) is 7.68. The molecule has 3 amide bonds. The monoisotopic (exact) mass is 312 g/mol. The molecule has 1 saturated heterocycles. The summed E-state index contributed by atoms with van der Waals surface area (Å²) in [4.78, 5) is 25.8. The predicted molar refractivity (Wildman–Crippen MR) is 88.4 cm³/mol. The van der Waals surface area contributed by atoms with Crippen molar-refractivity contribution in [2.75, 3.05) is 32.7 Å². The highest BCUT2D eigenvalue weighted by atomic mass is 16.2. The van der Waals surface area contributed by atoms with Crippen molar-refractivity contribution in [2.24, 2.45) is 17.6 Å². The molecule has 0 aromatic heterocycles. The Kier molecular flexibility index (Phi) is 8.89. The normalized spacial score (nSPS) is 18.4. The summed E-state index contributed by atoms with van der Waals surface area (Å²) in [6, 6.07) is 0.00162. The second-order valence-electron chi connectivity index (χ2n) is 6.58. The van der Waals surface area contributed by atoms with Crippen LogP contribution in [0.15, 0.2) is 0 Å². The Bertz CT molecular complexity index is 347. The first-order chi connectivity index (χ1) is 10.5. The number of likely N-dealkylation sites (tertiary alicyclic amines) is 1. The molecule has 0 spiro atoms. The van der Waals surface area contributed by atoms with Crippen LogP contribution in [-0.2, 0) is 4.79 Å². The van der Waals surface area contributed by atoms with Crippen molar-refractivity contribution < 1.29 is 9.59 Å². The second-order valence-corrected chi connectivity index (χ2v) is 6.58. The van der Waals surface area contributed by atoms with Gasteiger partial charge in [0, 0.05) is 32.6 Å². The standard InChI is InChI=1S/C16H32N4O2/c1-13(2)11-19-16(22)20-9-5-6-14(12-20)10-15(21)18-8-4-3-7-17/h13-14H,3-12,17H2,1-2H3,(H,18,21)(H,19,22). The summed E-state index contributed by atoms with van der Waals surface area (Å²) in [5.74, 6) is 0.809. The molecule has 22 heavy (non-hydrogen) atoms. The zero-order valence-electron chi connectivity index (χ0n) is 14.1. The number of nitrogens with one attached hydrogen (secondary N) is 2. The lowest BCUT2D eigenvalue weighted by Crippen LogP contribution is -2.47. The molecule has 1 atom stereocenters. The number of amides is 3. The third-order valence-electron chi connectivity index (χ3n) is 3.89. The number of hydrogen-bond donors (Lipinski definition) is 3. The lowest BCUT2D eigenvalue weighted by atomic mass is 9.94. The van der Waals surface area contributed by atoms with Crippen LogP contribution in [0, 0.1) is 11.8 Å². The van der Waals surface area contributed by atoms with Crippen LogP contribution in [0.1, 0.15) is 46.0 Å². The Morgan fingerprint density at radius 1 is 1.27 bits per heavy atom. The minimum atomic E-state index is 0.00162. The van der Waals surface area contributed by atoms with Gasteiger partial charge in [0.25, 0.3) is 0 Å². The van der Waals surface area contributed by atoms with Crippen molar-refractivity contribution in [1.29, 1.82) is 0 Å². The molecule has 6 heteroatoms. The van der Waals surface area contributed by atoms with Crippen LogP contribution >= 0.6 is 0 Å². The number of nitrogens with zero attached hydrogens (tertiary/aromatic N) is 1. The minimum absolute atomic E-state index is 0.00162. The van der Waals surface area contributed by atoms with Crippen molar-refractivity contribution in [2.45, 2.75) is 46.0 Å². The largest absolute Gasteiger partial charge is 0.356 e. The van der Waals surface area contributed by atoms with Crippen LogP contribution in [0.2, 0.25) is 0 Å². The molecule has 0 aromatic rings. The van der Waals surface area contributed by atoms with Gasteiger partial charge in [0.1, 0.15) is 0 Å². The van der Waals surface area contributed by atoms with E-state index in [9.17, 15) is 9.59 Å². The van der Waals surface area contributed by atoms with E-state index < -0.39 is 0 Å². The van der Waals surface area contributed by atoms with Gasteiger partial charge in [-0.05, 0) is 44.1 Å². The Hall–Kier alpha value is -1.30. The fraction of sp³-hybridized carbons (Fsp3) is 0.875. The molecule has 0 radical (unpaired) electrons. The fourth-order valence-electron chi connectivity index (χ4n) is 2.65. The van der Waals surface area contributed by atoms with Crippen LogP contribution in [0.25, 0.3) is 0 Å². The van der Waals surface area contributed by atoms with Crippen molar-refractivity contribution in [3.05, 3.63) is 0 Å². The topological polar surface area (TPSA) is 87.5 Å². The molecule has 128 valence electrons. The van der Waals surface area contributed by atoms with Crippen molar-refractivity contribution in [3.63, 3.8) is 0 Å². The first kappa shape index (κ1) is 18.7. The van der Waals surface area contributed by atoms with E-state index in [1.165, 1.54) is 0 Å². The molecule has 1 rings (SSSR count). The first-order valence-corrected chi connectivity index (χ1v) is 8.52. The average Bonchev–Trinajstić information content (AvgIpc) is 2.49. The summed E-state index contributed by atoms with van der Waals surface area (Å²) in [7, 11) is 0. The summed E-state index contributed by atoms with van der Waals surface area (Å²) in [6.07, 6.45) is 4.37. The van der Waals surface area contributed by atoms with E-state index in [0.29, 0.717) is 38.5 Å². The smallest absolute Gasteiger partial charge is 0.317 e. The van der Waals surface area contributed by atoms with Crippen molar-refractivity contribution in [3.8, 4) is 0 Å². The Balaban J connectivity index is 2.27. The van der Waals surface area contributed by atoms with Crippen LogP contribution in [-0.4, -0.2) is 49.6 Å². The van der Waals surface area contributed by atoms with Gasteiger partial charge in [-0.1, -0.05) is 13.8 Å². The van der Waals surface area contributed by atoms with Crippen molar-refractivity contribution >= 4 is 11.9 Å². The highest BCUT2D eigenvalue weighted by Gasteiger charge is 2.25. The maximum absolute atomic E-state index is 12.1. The van der Waals surface area contributed by atoms with E-state index in [0.717, 1.165) is 32.2 Å². The summed E-state index contributed by atoms with van der Waals surface area (Å²) in [5, 5.41) is 5.88. The Labute approximate surface area is 134 Å². The molecule has 1 heterocycles. The zero-order chi connectivity index (χ0) is 16.4. The van der Waals surface area contributed by atoms with Crippen molar-refractivity contribution in [1.82, 2.24) is 15.5 Å². The molecular formula is C16H32N4O2. The molecular weight excluding hydrogens is 280 g/mol. The van der Waals surface area contributed by atoms with Crippen LogP contribution < -0.4 is 16.4 Å². The SMILES string of the molecule is CC(C)CNC(=O)N1CCCC(CC(=O)NCCCCN)C1. The lowest BCUT2D eigenvalue weighted by molar-refractivity contribution is -0.122. The quantitative estimate of drug-likeness (QED) is 0.591. The number of rotatable bonds is 8. The summed E-state index contributed by atoms with van der Waals surface area (Å²) >= 11 is 0. The van der Waals surface area contributed by atoms with E-state index >= 15 is 0 Å². The summed E-state index contributed by atoms with van der Waals surface area (Å²) in [5.41, 5.74) is 5.43. The third-order valence-corrected chi connectivity index (χ3v) is 3.89. The average molecular weight is 312 g/mol.